The van der Waals surface area contributed by atoms with Gasteiger partial charge in [0.2, 0.25) is 11.8 Å². The molecule has 0 spiro atoms. The SMILES string of the molecule is COc1cc(C(=O)N2CCO[C@@](COc3ccc(F)cc3)(CC(N)=O)C2)ccn1. The zero-order valence-electron chi connectivity index (χ0n) is 16.0. The van der Waals surface area contributed by atoms with Gasteiger partial charge in [-0.1, -0.05) is 0 Å². The van der Waals surface area contributed by atoms with Gasteiger partial charge in [0, 0.05) is 24.4 Å². The predicted molar refractivity (Wildman–Crippen MR) is 101 cm³/mol. The standard InChI is InChI=1S/C20H22FN3O5/c1-27-18-10-14(6-7-23-18)19(26)24-8-9-29-20(12-24,11-17(22)25)13-28-16-4-2-15(21)3-5-16/h2-7,10H,8-9,11-13H2,1H3,(H2,22,25)/t20-/m0/s1. The Hall–Kier alpha value is -3.20. The van der Waals surface area contributed by atoms with Crippen molar-refractivity contribution >= 4 is 11.8 Å². The van der Waals surface area contributed by atoms with Gasteiger partial charge in [0.05, 0.1) is 26.7 Å². The van der Waals surface area contributed by atoms with Crippen LogP contribution in [0.25, 0.3) is 0 Å². The number of carbonyl (C=O) groups excluding carboxylic acids is 2. The number of nitrogens with zero attached hydrogens (tertiary/aromatic N) is 2. The molecule has 3 rings (SSSR count). The first-order valence-electron chi connectivity index (χ1n) is 9.01. The molecule has 8 nitrogen and oxygen atoms in total. The molecule has 1 atom stereocenters. The predicted octanol–water partition coefficient (Wildman–Crippen LogP) is 1.39. The van der Waals surface area contributed by atoms with E-state index in [1.807, 2.05) is 0 Å². The van der Waals surface area contributed by atoms with E-state index in [2.05, 4.69) is 4.98 Å². The number of nitrogens with two attached hydrogens (primary N) is 1. The quantitative estimate of drug-likeness (QED) is 0.749. The molecule has 0 aliphatic carbocycles. The Labute approximate surface area is 167 Å². The van der Waals surface area contributed by atoms with Crippen LogP contribution >= 0.6 is 0 Å². The number of morpholine rings is 1. The molecule has 0 unspecified atom stereocenters. The van der Waals surface area contributed by atoms with Crippen LogP contribution in [0.4, 0.5) is 4.39 Å². The number of carbonyl (C=O) groups is 2. The molecule has 1 fully saturated rings. The molecule has 2 heterocycles. The average Bonchev–Trinajstić information content (AvgIpc) is 2.72. The first kappa shape index (κ1) is 20.5. The van der Waals surface area contributed by atoms with Crippen molar-refractivity contribution in [3.63, 3.8) is 0 Å². The average molecular weight is 403 g/mol. The molecule has 29 heavy (non-hydrogen) atoms. The fourth-order valence-corrected chi connectivity index (χ4v) is 3.16. The van der Waals surface area contributed by atoms with E-state index in [0.717, 1.165) is 0 Å². The van der Waals surface area contributed by atoms with Gasteiger partial charge in [0.15, 0.2) is 0 Å². The molecule has 1 aliphatic rings. The van der Waals surface area contributed by atoms with E-state index in [1.165, 1.54) is 37.6 Å². The van der Waals surface area contributed by atoms with Gasteiger partial charge >= 0.3 is 0 Å². The van der Waals surface area contributed by atoms with Gasteiger partial charge in [0.1, 0.15) is 23.8 Å². The van der Waals surface area contributed by atoms with E-state index < -0.39 is 11.5 Å². The summed E-state index contributed by atoms with van der Waals surface area (Å²) in [6, 6.07) is 8.62. The summed E-state index contributed by atoms with van der Waals surface area (Å²) in [5, 5.41) is 0. The molecule has 2 N–H and O–H groups in total. The largest absolute Gasteiger partial charge is 0.490 e. The Morgan fingerprint density at radius 1 is 1.31 bits per heavy atom. The summed E-state index contributed by atoms with van der Waals surface area (Å²) < 4.78 is 29.7. The van der Waals surface area contributed by atoms with Crippen LogP contribution in [-0.2, 0) is 9.53 Å². The van der Waals surface area contributed by atoms with Crippen molar-refractivity contribution in [3.05, 3.63) is 54.0 Å². The van der Waals surface area contributed by atoms with Gasteiger partial charge in [-0.2, -0.15) is 0 Å². The number of pyridine rings is 1. The molecule has 2 aromatic rings. The lowest BCUT2D eigenvalue weighted by atomic mass is 9.97. The van der Waals surface area contributed by atoms with Crippen molar-refractivity contribution in [1.29, 1.82) is 0 Å². The fourth-order valence-electron chi connectivity index (χ4n) is 3.16. The summed E-state index contributed by atoms with van der Waals surface area (Å²) in [7, 11) is 1.47. The van der Waals surface area contributed by atoms with E-state index in [9.17, 15) is 14.0 Å². The zero-order valence-corrected chi connectivity index (χ0v) is 16.0. The van der Waals surface area contributed by atoms with Crippen LogP contribution in [0.1, 0.15) is 16.8 Å². The van der Waals surface area contributed by atoms with Gasteiger partial charge in [-0.15, -0.1) is 0 Å². The Morgan fingerprint density at radius 2 is 2.07 bits per heavy atom. The maximum atomic E-state index is 13.1. The summed E-state index contributed by atoms with van der Waals surface area (Å²) in [5.74, 6) is -0.465. The maximum absolute atomic E-state index is 13.1. The summed E-state index contributed by atoms with van der Waals surface area (Å²) in [5.41, 5.74) is 4.72. The number of ether oxygens (including phenoxy) is 3. The second-order valence-electron chi connectivity index (χ2n) is 6.73. The van der Waals surface area contributed by atoms with Crippen LogP contribution in [0.2, 0.25) is 0 Å². The van der Waals surface area contributed by atoms with Crippen molar-refractivity contribution in [1.82, 2.24) is 9.88 Å². The Bertz CT molecular complexity index is 877. The van der Waals surface area contributed by atoms with E-state index in [4.69, 9.17) is 19.9 Å². The highest BCUT2D eigenvalue weighted by molar-refractivity contribution is 5.94. The Kier molecular flexibility index (Phi) is 6.28. The summed E-state index contributed by atoms with van der Waals surface area (Å²) in [6.45, 7) is 0.653. The molecule has 1 saturated heterocycles. The molecule has 154 valence electrons. The lowest BCUT2D eigenvalue weighted by molar-refractivity contribution is -0.142. The molecule has 0 radical (unpaired) electrons. The molecule has 0 bridgehead atoms. The minimum absolute atomic E-state index is 0.0228. The lowest BCUT2D eigenvalue weighted by Crippen LogP contribution is -2.58. The fraction of sp³-hybridized carbons (Fsp3) is 0.350. The minimum atomic E-state index is -1.11. The number of halogens is 1. The van der Waals surface area contributed by atoms with E-state index in [1.54, 1.807) is 17.0 Å². The topological polar surface area (TPSA) is 104 Å². The molecular weight excluding hydrogens is 381 g/mol. The van der Waals surface area contributed by atoms with Crippen LogP contribution in [0.3, 0.4) is 0 Å². The summed E-state index contributed by atoms with van der Waals surface area (Å²) >= 11 is 0. The highest BCUT2D eigenvalue weighted by Gasteiger charge is 2.41. The van der Waals surface area contributed by atoms with Crippen LogP contribution in [-0.4, -0.2) is 60.7 Å². The van der Waals surface area contributed by atoms with Gasteiger partial charge < -0.3 is 24.8 Å². The van der Waals surface area contributed by atoms with E-state index in [0.29, 0.717) is 23.7 Å². The van der Waals surface area contributed by atoms with Crippen LogP contribution in [0, 0.1) is 5.82 Å². The van der Waals surface area contributed by atoms with E-state index in [-0.39, 0.29) is 37.9 Å². The smallest absolute Gasteiger partial charge is 0.254 e. The number of hydrogen-bond donors (Lipinski definition) is 1. The highest BCUT2D eigenvalue weighted by atomic mass is 19.1. The normalized spacial score (nSPS) is 18.9. The van der Waals surface area contributed by atoms with Crippen molar-refractivity contribution < 1.29 is 28.2 Å². The number of methoxy groups -OCH3 is 1. The number of primary amides is 1. The molecule has 9 heteroatoms. The minimum Gasteiger partial charge on any atom is -0.490 e. The van der Waals surface area contributed by atoms with Crippen LogP contribution in [0.15, 0.2) is 42.6 Å². The molecule has 0 saturated carbocycles. The third-order valence-electron chi connectivity index (χ3n) is 4.54. The molecule has 1 aromatic heterocycles. The van der Waals surface area contributed by atoms with Crippen molar-refractivity contribution in [3.8, 4) is 11.6 Å². The number of aromatic nitrogens is 1. The van der Waals surface area contributed by atoms with Gasteiger partial charge in [-0.25, -0.2) is 9.37 Å². The summed E-state index contributed by atoms with van der Waals surface area (Å²) in [6.07, 6.45) is 1.36. The molecular formula is C20H22FN3O5. The Morgan fingerprint density at radius 3 is 2.76 bits per heavy atom. The molecule has 1 aromatic carbocycles. The number of amides is 2. The molecule has 1 aliphatic heterocycles. The monoisotopic (exact) mass is 403 g/mol. The third kappa shape index (κ3) is 5.20. The first-order chi connectivity index (χ1) is 13.9. The highest BCUT2D eigenvalue weighted by Crippen LogP contribution is 2.26. The van der Waals surface area contributed by atoms with Gasteiger partial charge in [0.25, 0.3) is 5.91 Å². The van der Waals surface area contributed by atoms with Gasteiger partial charge in [-0.05, 0) is 30.3 Å². The molecule has 2 amide bonds. The number of rotatable bonds is 7. The van der Waals surface area contributed by atoms with Crippen molar-refractivity contribution in [2.75, 3.05) is 33.4 Å². The van der Waals surface area contributed by atoms with Crippen LogP contribution in [0.5, 0.6) is 11.6 Å². The van der Waals surface area contributed by atoms with Gasteiger partial charge in [-0.3, -0.25) is 9.59 Å². The van der Waals surface area contributed by atoms with E-state index >= 15 is 0 Å². The number of hydrogen-bond acceptors (Lipinski definition) is 6. The third-order valence-corrected chi connectivity index (χ3v) is 4.54. The second kappa shape index (κ2) is 8.87. The van der Waals surface area contributed by atoms with Crippen LogP contribution < -0.4 is 15.2 Å². The second-order valence-corrected chi connectivity index (χ2v) is 6.73. The maximum Gasteiger partial charge on any atom is 0.254 e. The zero-order chi connectivity index (χ0) is 20.9. The number of benzene rings is 1. The lowest BCUT2D eigenvalue weighted by Gasteiger charge is -2.42. The van der Waals surface area contributed by atoms with Crippen molar-refractivity contribution in [2.24, 2.45) is 5.73 Å². The Balaban J connectivity index is 1.76. The summed E-state index contributed by atoms with van der Waals surface area (Å²) in [4.78, 5) is 30.2. The van der Waals surface area contributed by atoms with Crippen molar-refractivity contribution in [2.45, 2.75) is 12.0 Å². The first-order valence-corrected chi connectivity index (χ1v) is 9.01.